The van der Waals surface area contributed by atoms with E-state index < -0.39 is 0 Å². The molecule has 0 amide bonds. The Hall–Kier alpha value is -0.832. The van der Waals surface area contributed by atoms with Gasteiger partial charge in [0.1, 0.15) is 0 Å². The molecule has 1 atom stereocenters. The SMILES string of the molecule is CC(C)[AsH]c1cc(Cl)ncc1-c1cnn(CCO)c1. The minimum absolute atomic E-state index is 0.0900. The second-order valence-electron chi connectivity index (χ2n) is 4.57. The molecule has 4 nitrogen and oxygen atoms in total. The van der Waals surface area contributed by atoms with Crippen LogP contribution in [0, 0.1) is 0 Å². The first kappa shape index (κ1) is 14.6. The quantitative estimate of drug-likeness (QED) is 0.662. The van der Waals surface area contributed by atoms with Crippen molar-refractivity contribution in [3.8, 4) is 11.1 Å². The fourth-order valence-corrected chi connectivity index (χ4v) is 4.70. The molecule has 0 bridgehead atoms. The van der Waals surface area contributed by atoms with Crippen LogP contribution in [0.2, 0.25) is 9.86 Å². The molecule has 19 heavy (non-hydrogen) atoms. The Labute approximate surface area is 124 Å². The van der Waals surface area contributed by atoms with Crippen molar-refractivity contribution < 1.29 is 5.11 Å². The molecule has 0 saturated carbocycles. The Morgan fingerprint density at radius 2 is 2.21 bits per heavy atom. The van der Waals surface area contributed by atoms with Gasteiger partial charge in [0.15, 0.2) is 0 Å². The van der Waals surface area contributed by atoms with E-state index in [1.807, 2.05) is 24.7 Å². The Kier molecular flexibility index (Phi) is 5.03. The van der Waals surface area contributed by atoms with Gasteiger partial charge in [-0.1, -0.05) is 0 Å². The van der Waals surface area contributed by atoms with Crippen LogP contribution in [0.4, 0.5) is 0 Å². The van der Waals surface area contributed by atoms with Crippen LogP contribution < -0.4 is 4.35 Å². The van der Waals surface area contributed by atoms with Crippen molar-refractivity contribution in [1.29, 1.82) is 0 Å². The fourth-order valence-electron chi connectivity index (χ4n) is 1.82. The van der Waals surface area contributed by atoms with Gasteiger partial charge in [0.2, 0.25) is 0 Å². The van der Waals surface area contributed by atoms with Crippen LogP contribution in [0.1, 0.15) is 13.8 Å². The third kappa shape index (κ3) is 3.82. The molecule has 0 aliphatic heterocycles. The Balaban J connectivity index is 2.36. The predicted octanol–water partition coefficient (Wildman–Crippen LogP) is 1.48. The van der Waals surface area contributed by atoms with Crippen LogP contribution in [0.25, 0.3) is 11.1 Å². The number of pyridine rings is 1. The molecule has 2 aromatic rings. The molecule has 2 heterocycles. The molecule has 2 aromatic heterocycles. The second kappa shape index (κ2) is 6.55. The number of aliphatic hydroxyl groups is 1. The van der Waals surface area contributed by atoms with Crippen LogP contribution >= 0.6 is 11.6 Å². The standard InChI is InChI=1S/C13H17AsClN3O/c1-9(2)14-12-5-13(15)16-7-11(12)10-6-17-18(8-10)3-4-19/h5-9,14,19H,3-4H2,1-2H3. The summed E-state index contributed by atoms with van der Waals surface area (Å²) in [6.07, 6.45) is 5.58. The molecule has 0 spiro atoms. The van der Waals surface area contributed by atoms with Gasteiger partial charge < -0.3 is 0 Å². The molecule has 102 valence electrons. The number of hydrogen-bond donors (Lipinski definition) is 1. The van der Waals surface area contributed by atoms with Crippen LogP contribution in [0.15, 0.2) is 24.7 Å². The zero-order chi connectivity index (χ0) is 13.8. The molecule has 0 aliphatic carbocycles. The normalized spacial score (nSPS) is 11.8. The van der Waals surface area contributed by atoms with Gasteiger partial charge in [0.05, 0.1) is 0 Å². The summed E-state index contributed by atoms with van der Waals surface area (Å²) >= 11 is 5.75. The number of halogens is 1. The molecular formula is C13H17AsClN3O. The summed E-state index contributed by atoms with van der Waals surface area (Å²) in [7, 11) is 0. The first-order valence-corrected chi connectivity index (χ1v) is 8.79. The molecule has 1 N–H and O–H groups in total. The van der Waals surface area contributed by atoms with Crippen LogP contribution in [-0.2, 0) is 6.54 Å². The van der Waals surface area contributed by atoms with E-state index in [4.69, 9.17) is 16.7 Å². The molecule has 2 rings (SSSR count). The van der Waals surface area contributed by atoms with Crippen LogP contribution in [0.3, 0.4) is 0 Å². The monoisotopic (exact) mass is 341 g/mol. The van der Waals surface area contributed by atoms with Gasteiger partial charge in [-0.25, -0.2) is 0 Å². The average Bonchev–Trinajstić information content (AvgIpc) is 2.77. The number of rotatable bonds is 5. The van der Waals surface area contributed by atoms with Crippen molar-refractivity contribution in [2.24, 2.45) is 0 Å². The molecule has 0 aromatic carbocycles. The molecule has 0 fully saturated rings. The summed E-state index contributed by atoms with van der Waals surface area (Å²) < 4.78 is 3.71. The summed E-state index contributed by atoms with van der Waals surface area (Å²) in [6, 6.07) is 1.97. The van der Waals surface area contributed by atoms with Crippen molar-refractivity contribution in [1.82, 2.24) is 14.8 Å². The van der Waals surface area contributed by atoms with E-state index in [1.165, 1.54) is 4.35 Å². The zero-order valence-electron chi connectivity index (χ0n) is 11.0. The maximum absolute atomic E-state index is 8.92. The third-order valence-electron chi connectivity index (χ3n) is 2.59. The van der Waals surface area contributed by atoms with Gasteiger partial charge in [-0.3, -0.25) is 0 Å². The van der Waals surface area contributed by atoms with Gasteiger partial charge in [-0.2, -0.15) is 0 Å². The van der Waals surface area contributed by atoms with E-state index in [9.17, 15) is 0 Å². The van der Waals surface area contributed by atoms with E-state index in [2.05, 4.69) is 23.9 Å². The average molecular weight is 342 g/mol. The Bertz CT molecular complexity index is 557. The molecule has 0 radical (unpaired) electrons. The topological polar surface area (TPSA) is 50.9 Å². The van der Waals surface area contributed by atoms with Crippen molar-refractivity contribution in [2.45, 2.75) is 25.1 Å². The summed E-state index contributed by atoms with van der Waals surface area (Å²) in [4.78, 5) is 4.18. The van der Waals surface area contributed by atoms with Gasteiger partial charge >= 0.3 is 124 Å². The van der Waals surface area contributed by atoms with Gasteiger partial charge in [0.25, 0.3) is 0 Å². The first-order valence-electron chi connectivity index (χ1n) is 6.16. The number of aromatic nitrogens is 3. The molecule has 0 aliphatic rings. The summed E-state index contributed by atoms with van der Waals surface area (Å²) in [5.41, 5.74) is 2.15. The third-order valence-corrected chi connectivity index (χ3v) is 5.53. The van der Waals surface area contributed by atoms with Gasteiger partial charge in [-0.05, 0) is 0 Å². The summed E-state index contributed by atoms with van der Waals surface area (Å²) in [5.74, 6) is 0. The van der Waals surface area contributed by atoms with Crippen molar-refractivity contribution in [2.75, 3.05) is 6.61 Å². The summed E-state index contributed by atoms with van der Waals surface area (Å²) in [5, 5.41) is 13.7. The zero-order valence-corrected chi connectivity index (χ0v) is 13.8. The second-order valence-corrected chi connectivity index (χ2v) is 9.11. The number of nitrogens with zero attached hydrogens (tertiary/aromatic N) is 3. The van der Waals surface area contributed by atoms with Crippen molar-refractivity contribution in [3.05, 3.63) is 29.8 Å². The van der Waals surface area contributed by atoms with E-state index in [1.54, 1.807) is 4.68 Å². The predicted molar refractivity (Wildman–Crippen MR) is 79.4 cm³/mol. The minimum atomic E-state index is -0.251. The molecular weight excluding hydrogens is 325 g/mol. The number of hydrogen-bond acceptors (Lipinski definition) is 3. The van der Waals surface area contributed by atoms with E-state index in [0.717, 1.165) is 11.1 Å². The molecule has 1 unspecified atom stereocenters. The molecule has 6 heteroatoms. The molecule has 0 saturated heterocycles. The van der Waals surface area contributed by atoms with E-state index >= 15 is 0 Å². The van der Waals surface area contributed by atoms with Gasteiger partial charge in [0, 0.05) is 0 Å². The van der Waals surface area contributed by atoms with Crippen LogP contribution in [-0.4, -0.2) is 42.2 Å². The van der Waals surface area contributed by atoms with Crippen molar-refractivity contribution >= 4 is 31.7 Å². The van der Waals surface area contributed by atoms with Crippen molar-refractivity contribution in [3.63, 3.8) is 0 Å². The van der Waals surface area contributed by atoms with E-state index in [-0.39, 0.29) is 22.4 Å². The Morgan fingerprint density at radius 3 is 2.89 bits per heavy atom. The maximum atomic E-state index is 8.92. The van der Waals surface area contributed by atoms with E-state index in [0.29, 0.717) is 16.4 Å². The van der Waals surface area contributed by atoms with Gasteiger partial charge in [-0.15, -0.1) is 0 Å². The Morgan fingerprint density at radius 1 is 1.42 bits per heavy atom. The fraction of sp³-hybridized carbons (Fsp3) is 0.385. The van der Waals surface area contributed by atoms with Crippen LogP contribution in [0.5, 0.6) is 0 Å². The number of aliphatic hydroxyl groups excluding tert-OH is 1. The first-order chi connectivity index (χ1) is 9.10. The summed E-state index contributed by atoms with van der Waals surface area (Å²) in [6.45, 7) is 5.06.